The van der Waals surface area contributed by atoms with E-state index in [0.29, 0.717) is 31.2 Å². The van der Waals surface area contributed by atoms with Crippen LogP contribution in [-0.2, 0) is 19.1 Å². The summed E-state index contributed by atoms with van der Waals surface area (Å²) >= 11 is 0. The molecule has 2 heterocycles. The molecular formula is C26H42N2O5. The van der Waals surface area contributed by atoms with Gasteiger partial charge in [-0.25, -0.2) is 0 Å². The van der Waals surface area contributed by atoms with Gasteiger partial charge < -0.3 is 20.5 Å². The predicted octanol–water partition coefficient (Wildman–Crippen LogP) is 3.96. The molecular weight excluding hydrogens is 420 g/mol. The highest BCUT2D eigenvalue weighted by molar-refractivity contribution is 5.84. The fourth-order valence-corrected chi connectivity index (χ4v) is 5.81. The van der Waals surface area contributed by atoms with Crippen LogP contribution in [0.4, 0.5) is 0 Å². The standard InChI is InChI=1S/C26H42N2O5/c29-24(13-8-11-19-9-4-3-5-10-19)28-18-25(30)27-17-21-20(22-15-16-23(21)33-22)12-6-1-2-7-14-26(31)32/h1,6,19-23H,2-5,7-18H2,(H,27,30)(H,28,29)(H,31,32)/b6-1-/t20-,21+,22-,23+/m0/s1. The molecule has 2 amide bonds. The van der Waals surface area contributed by atoms with E-state index in [1.54, 1.807) is 0 Å². The number of ether oxygens (including phenoxy) is 1. The van der Waals surface area contributed by atoms with Crippen molar-refractivity contribution in [2.75, 3.05) is 13.1 Å². The van der Waals surface area contributed by atoms with Crippen LogP contribution in [0.3, 0.4) is 0 Å². The minimum Gasteiger partial charge on any atom is -0.481 e. The van der Waals surface area contributed by atoms with Crippen LogP contribution < -0.4 is 10.6 Å². The molecule has 186 valence electrons. The summed E-state index contributed by atoms with van der Waals surface area (Å²) in [6.45, 7) is 0.618. The van der Waals surface area contributed by atoms with Gasteiger partial charge in [0.2, 0.25) is 11.8 Å². The van der Waals surface area contributed by atoms with E-state index in [1.807, 2.05) is 0 Å². The Hall–Kier alpha value is -1.89. The van der Waals surface area contributed by atoms with Crippen LogP contribution in [0.5, 0.6) is 0 Å². The number of carboxylic acid groups (broad SMARTS) is 1. The quantitative estimate of drug-likeness (QED) is 0.268. The molecule has 0 aromatic heterocycles. The van der Waals surface area contributed by atoms with Gasteiger partial charge in [0, 0.05) is 25.3 Å². The SMILES string of the molecule is O=C(O)CCC/C=C\C[C@H]1[C@@H](CNC(=O)CNC(=O)CCCC2CCCCC2)[C@H]2CC[C@@H]1O2. The molecule has 1 saturated carbocycles. The summed E-state index contributed by atoms with van der Waals surface area (Å²) in [5.74, 6) is 0.538. The lowest BCUT2D eigenvalue weighted by Crippen LogP contribution is -2.42. The van der Waals surface area contributed by atoms with Gasteiger partial charge in [-0.05, 0) is 56.8 Å². The van der Waals surface area contributed by atoms with Gasteiger partial charge in [-0.1, -0.05) is 44.3 Å². The largest absolute Gasteiger partial charge is 0.481 e. The van der Waals surface area contributed by atoms with Crippen LogP contribution in [-0.4, -0.2) is 48.2 Å². The number of rotatable bonds is 14. The Bertz CT molecular complexity index is 674. The summed E-state index contributed by atoms with van der Waals surface area (Å²) in [5, 5.41) is 14.5. The first kappa shape index (κ1) is 25.7. The Morgan fingerprint density at radius 3 is 2.36 bits per heavy atom. The highest BCUT2D eigenvalue weighted by Gasteiger charge is 2.47. The van der Waals surface area contributed by atoms with Gasteiger partial charge in [0.1, 0.15) is 0 Å². The van der Waals surface area contributed by atoms with Crippen LogP contribution in [0.25, 0.3) is 0 Å². The molecule has 0 aromatic carbocycles. The van der Waals surface area contributed by atoms with Gasteiger partial charge in [0.25, 0.3) is 0 Å². The van der Waals surface area contributed by atoms with Gasteiger partial charge in [-0.2, -0.15) is 0 Å². The zero-order valence-corrected chi connectivity index (χ0v) is 19.9. The Kier molecular flexibility index (Phi) is 10.7. The van der Waals surface area contributed by atoms with Crippen LogP contribution in [0.2, 0.25) is 0 Å². The summed E-state index contributed by atoms with van der Waals surface area (Å²) in [7, 11) is 0. The fraction of sp³-hybridized carbons (Fsp3) is 0.808. The average molecular weight is 463 g/mol. The van der Waals surface area contributed by atoms with E-state index in [2.05, 4.69) is 22.8 Å². The third-order valence-electron chi connectivity index (χ3n) is 7.65. The Labute approximate surface area is 198 Å². The van der Waals surface area contributed by atoms with Gasteiger partial charge in [-0.15, -0.1) is 0 Å². The molecule has 7 heteroatoms. The van der Waals surface area contributed by atoms with Crippen molar-refractivity contribution in [3.8, 4) is 0 Å². The van der Waals surface area contributed by atoms with E-state index >= 15 is 0 Å². The normalized spacial score (nSPS) is 27.2. The van der Waals surface area contributed by atoms with Crippen molar-refractivity contribution in [2.45, 2.75) is 102 Å². The molecule has 3 fully saturated rings. The van der Waals surface area contributed by atoms with Gasteiger partial charge in [0.05, 0.1) is 18.8 Å². The topological polar surface area (TPSA) is 105 Å². The summed E-state index contributed by atoms with van der Waals surface area (Å²) < 4.78 is 6.10. The maximum Gasteiger partial charge on any atom is 0.303 e. The smallest absolute Gasteiger partial charge is 0.303 e. The van der Waals surface area contributed by atoms with Crippen LogP contribution in [0, 0.1) is 17.8 Å². The monoisotopic (exact) mass is 462 g/mol. The second-order valence-electron chi connectivity index (χ2n) is 10.1. The number of carbonyl (C=O) groups excluding carboxylic acids is 2. The summed E-state index contributed by atoms with van der Waals surface area (Å²) in [6.07, 6.45) is 18.5. The molecule has 4 atom stereocenters. The van der Waals surface area contributed by atoms with Crippen LogP contribution in [0.1, 0.15) is 89.9 Å². The number of nitrogens with one attached hydrogen (secondary N) is 2. The molecule has 3 aliphatic rings. The lowest BCUT2D eigenvalue weighted by Gasteiger charge is -2.27. The van der Waals surface area contributed by atoms with Crippen molar-refractivity contribution in [3.63, 3.8) is 0 Å². The first-order chi connectivity index (χ1) is 16.0. The van der Waals surface area contributed by atoms with Crippen molar-refractivity contribution in [1.29, 1.82) is 0 Å². The number of hydrogen-bond donors (Lipinski definition) is 3. The number of unbranched alkanes of at least 4 members (excludes halogenated alkanes) is 1. The van der Waals surface area contributed by atoms with Crippen LogP contribution in [0.15, 0.2) is 12.2 Å². The van der Waals surface area contributed by atoms with Crippen molar-refractivity contribution >= 4 is 17.8 Å². The minimum absolute atomic E-state index is 0.0323. The van der Waals surface area contributed by atoms with Gasteiger partial charge >= 0.3 is 5.97 Å². The Balaban J connectivity index is 1.29. The fourth-order valence-electron chi connectivity index (χ4n) is 5.81. The number of fused-ring (bicyclic) bond motifs is 2. The average Bonchev–Trinajstić information content (AvgIpc) is 3.41. The van der Waals surface area contributed by atoms with Gasteiger partial charge in [-0.3, -0.25) is 14.4 Å². The van der Waals surface area contributed by atoms with E-state index in [1.165, 1.54) is 32.1 Å². The molecule has 2 aliphatic heterocycles. The second kappa shape index (κ2) is 13.7. The van der Waals surface area contributed by atoms with Crippen LogP contribution >= 0.6 is 0 Å². The molecule has 0 spiro atoms. The molecule has 1 aliphatic carbocycles. The maximum atomic E-state index is 12.3. The van der Waals surface area contributed by atoms with E-state index in [4.69, 9.17) is 9.84 Å². The van der Waals surface area contributed by atoms with Gasteiger partial charge in [0.15, 0.2) is 0 Å². The van der Waals surface area contributed by atoms with Crippen molar-refractivity contribution in [3.05, 3.63) is 12.2 Å². The number of carbonyl (C=O) groups is 3. The molecule has 33 heavy (non-hydrogen) atoms. The first-order valence-corrected chi connectivity index (χ1v) is 13.1. The second-order valence-corrected chi connectivity index (χ2v) is 10.1. The molecule has 3 N–H and O–H groups in total. The van der Waals surface area contributed by atoms with E-state index in [-0.39, 0.29) is 37.0 Å². The highest BCUT2D eigenvalue weighted by Crippen LogP contribution is 2.44. The van der Waals surface area contributed by atoms with Crippen molar-refractivity contribution < 1.29 is 24.2 Å². The predicted molar refractivity (Wildman–Crippen MR) is 127 cm³/mol. The number of allylic oxidation sites excluding steroid dienone is 2. The van der Waals surface area contributed by atoms with E-state index in [9.17, 15) is 14.4 Å². The summed E-state index contributed by atoms with van der Waals surface area (Å²) in [4.78, 5) is 35.0. The summed E-state index contributed by atoms with van der Waals surface area (Å²) in [6, 6.07) is 0. The minimum atomic E-state index is -0.753. The molecule has 0 aromatic rings. The van der Waals surface area contributed by atoms with Crippen molar-refractivity contribution in [2.24, 2.45) is 17.8 Å². The number of carboxylic acids is 1. The highest BCUT2D eigenvalue weighted by atomic mass is 16.5. The Morgan fingerprint density at radius 1 is 0.848 bits per heavy atom. The lowest BCUT2D eigenvalue weighted by molar-refractivity contribution is -0.137. The number of aliphatic carboxylic acids is 1. The van der Waals surface area contributed by atoms with E-state index < -0.39 is 5.97 Å². The number of amides is 2. The number of hydrogen-bond acceptors (Lipinski definition) is 4. The Morgan fingerprint density at radius 2 is 1.61 bits per heavy atom. The third kappa shape index (κ3) is 8.76. The van der Waals surface area contributed by atoms with E-state index in [0.717, 1.165) is 44.4 Å². The molecule has 2 bridgehead atoms. The zero-order valence-electron chi connectivity index (χ0n) is 19.9. The molecule has 0 unspecified atom stereocenters. The third-order valence-corrected chi connectivity index (χ3v) is 7.65. The molecule has 0 radical (unpaired) electrons. The molecule has 3 rings (SSSR count). The first-order valence-electron chi connectivity index (χ1n) is 13.1. The summed E-state index contributed by atoms with van der Waals surface area (Å²) in [5.41, 5.74) is 0. The maximum absolute atomic E-state index is 12.3. The zero-order chi connectivity index (χ0) is 23.5. The molecule has 2 saturated heterocycles. The molecule has 7 nitrogen and oxygen atoms in total. The lowest BCUT2D eigenvalue weighted by atomic mass is 9.77. The van der Waals surface area contributed by atoms with Crippen molar-refractivity contribution in [1.82, 2.24) is 10.6 Å².